The van der Waals surface area contributed by atoms with Gasteiger partial charge in [0, 0.05) is 38.9 Å². The van der Waals surface area contributed by atoms with E-state index in [9.17, 15) is 4.79 Å². The molecular formula is C11H19N5O2. The number of carbonyl (C=O) groups excluding carboxylic acids is 1. The molecule has 0 unspecified atom stereocenters. The predicted octanol–water partition coefficient (Wildman–Crippen LogP) is 0.477. The van der Waals surface area contributed by atoms with E-state index in [-0.39, 0.29) is 6.03 Å². The van der Waals surface area contributed by atoms with Crippen molar-refractivity contribution in [1.29, 1.82) is 0 Å². The molecule has 0 fully saturated rings. The minimum absolute atomic E-state index is 0.125. The van der Waals surface area contributed by atoms with Crippen LogP contribution in [0.15, 0.2) is 6.07 Å². The minimum Gasteiger partial charge on any atom is -0.481 e. The van der Waals surface area contributed by atoms with Crippen LogP contribution >= 0.6 is 0 Å². The van der Waals surface area contributed by atoms with E-state index in [0.717, 1.165) is 5.69 Å². The number of carbonyl (C=O) groups is 1. The molecule has 7 heteroatoms. The smallest absolute Gasteiger partial charge is 0.316 e. The zero-order chi connectivity index (χ0) is 13.5. The van der Waals surface area contributed by atoms with Gasteiger partial charge < -0.3 is 20.3 Å². The summed E-state index contributed by atoms with van der Waals surface area (Å²) in [6.07, 6.45) is 0. The van der Waals surface area contributed by atoms with Crippen molar-refractivity contribution >= 4 is 12.0 Å². The number of amides is 2. The Morgan fingerprint density at radius 2 is 2.11 bits per heavy atom. The first kappa shape index (κ1) is 14.0. The maximum atomic E-state index is 11.2. The van der Waals surface area contributed by atoms with Gasteiger partial charge in [0.1, 0.15) is 0 Å². The number of hydrogen-bond donors (Lipinski definition) is 2. The summed E-state index contributed by atoms with van der Waals surface area (Å²) in [4.78, 5) is 21.1. The molecule has 1 aromatic rings. The van der Waals surface area contributed by atoms with E-state index >= 15 is 0 Å². The number of aryl methyl sites for hydroxylation is 1. The van der Waals surface area contributed by atoms with Crippen LogP contribution in [-0.2, 0) is 0 Å². The predicted molar refractivity (Wildman–Crippen MR) is 68.9 cm³/mol. The van der Waals surface area contributed by atoms with Gasteiger partial charge >= 0.3 is 6.03 Å². The topological polar surface area (TPSA) is 79.4 Å². The summed E-state index contributed by atoms with van der Waals surface area (Å²) in [5.74, 6) is 1.01. The molecule has 0 spiro atoms. The highest BCUT2D eigenvalue weighted by Crippen LogP contribution is 2.10. The van der Waals surface area contributed by atoms with Crippen LogP contribution in [0.1, 0.15) is 5.69 Å². The Morgan fingerprint density at radius 1 is 1.39 bits per heavy atom. The Hall–Kier alpha value is -2.05. The van der Waals surface area contributed by atoms with E-state index in [4.69, 9.17) is 4.74 Å². The van der Waals surface area contributed by atoms with Gasteiger partial charge in [0.15, 0.2) is 0 Å². The second-order valence-corrected chi connectivity index (χ2v) is 3.93. The van der Waals surface area contributed by atoms with Gasteiger partial charge in [-0.1, -0.05) is 0 Å². The van der Waals surface area contributed by atoms with Gasteiger partial charge in [-0.05, 0) is 6.92 Å². The quantitative estimate of drug-likeness (QED) is 0.746. The van der Waals surface area contributed by atoms with Crippen molar-refractivity contribution in [3.8, 4) is 5.88 Å². The summed E-state index contributed by atoms with van der Waals surface area (Å²) < 4.78 is 5.04. The maximum absolute atomic E-state index is 11.2. The lowest BCUT2D eigenvalue weighted by atomic mass is 10.4. The summed E-state index contributed by atoms with van der Waals surface area (Å²) >= 11 is 0. The number of urea groups is 1. The lowest BCUT2D eigenvalue weighted by Crippen LogP contribution is -2.37. The molecule has 0 aliphatic carbocycles. The average molecular weight is 253 g/mol. The fourth-order valence-corrected chi connectivity index (χ4v) is 1.23. The number of hydrogen-bond acceptors (Lipinski definition) is 5. The summed E-state index contributed by atoms with van der Waals surface area (Å²) in [6.45, 7) is 2.91. The third kappa shape index (κ3) is 4.44. The standard InChI is InChI=1S/C11H19N5O2/c1-8-7-9(18-4)15-10(14-8)12-5-6-13-11(17)16(2)3/h7H,5-6H2,1-4H3,(H,13,17)(H,12,14,15). The van der Waals surface area contributed by atoms with Gasteiger partial charge in [0.2, 0.25) is 11.8 Å². The van der Waals surface area contributed by atoms with Crippen LogP contribution in [0.25, 0.3) is 0 Å². The Balaban J connectivity index is 2.39. The molecular weight excluding hydrogens is 234 g/mol. The second kappa shape index (κ2) is 6.63. The first-order valence-corrected chi connectivity index (χ1v) is 5.61. The molecule has 0 aromatic carbocycles. The molecule has 7 nitrogen and oxygen atoms in total. The number of aromatic nitrogens is 2. The highest BCUT2D eigenvalue weighted by Gasteiger charge is 2.03. The lowest BCUT2D eigenvalue weighted by Gasteiger charge is -2.12. The molecule has 0 bridgehead atoms. The van der Waals surface area contributed by atoms with Gasteiger partial charge in [-0.3, -0.25) is 0 Å². The molecule has 0 aliphatic rings. The van der Waals surface area contributed by atoms with Crippen LogP contribution in [0.4, 0.5) is 10.7 Å². The van der Waals surface area contributed by atoms with Gasteiger partial charge in [-0.15, -0.1) is 0 Å². The largest absolute Gasteiger partial charge is 0.481 e. The molecule has 1 rings (SSSR count). The maximum Gasteiger partial charge on any atom is 0.316 e. The van der Waals surface area contributed by atoms with Crippen molar-refractivity contribution in [2.45, 2.75) is 6.92 Å². The summed E-state index contributed by atoms with van der Waals surface area (Å²) in [5.41, 5.74) is 0.821. The number of anilines is 1. The van der Waals surface area contributed by atoms with Gasteiger partial charge in [0.05, 0.1) is 7.11 Å². The van der Waals surface area contributed by atoms with Crippen molar-refractivity contribution in [2.24, 2.45) is 0 Å². The highest BCUT2D eigenvalue weighted by atomic mass is 16.5. The normalized spacial score (nSPS) is 9.78. The van der Waals surface area contributed by atoms with Crippen LogP contribution in [0.2, 0.25) is 0 Å². The van der Waals surface area contributed by atoms with E-state index in [2.05, 4.69) is 20.6 Å². The van der Waals surface area contributed by atoms with Crippen molar-refractivity contribution in [3.05, 3.63) is 11.8 Å². The molecule has 1 heterocycles. The third-order valence-electron chi connectivity index (χ3n) is 2.13. The first-order chi connectivity index (χ1) is 8.52. The van der Waals surface area contributed by atoms with E-state index in [1.54, 1.807) is 27.3 Å². The average Bonchev–Trinajstić information content (AvgIpc) is 2.33. The van der Waals surface area contributed by atoms with Crippen LogP contribution in [-0.4, -0.2) is 55.2 Å². The van der Waals surface area contributed by atoms with E-state index in [1.165, 1.54) is 4.90 Å². The monoisotopic (exact) mass is 253 g/mol. The van der Waals surface area contributed by atoms with Gasteiger partial charge in [-0.25, -0.2) is 9.78 Å². The van der Waals surface area contributed by atoms with Crippen molar-refractivity contribution in [2.75, 3.05) is 39.6 Å². The number of nitrogens with one attached hydrogen (secondary N) is 2. The number of ether oxygens (including phenoxy) is 1. The molecule has 0 aliphatic heterocycles. The van der Waals surface area contributed by atoms with E-state index in [0.29, 0.717) is 24.9 Å². The fourth-order valence-electron chi connectivity index (χ4n) is 1.23. The third-order valence-corrected chi connectivity index (χ3v) is 2.13. The zero-order valence-corrected chi connectivity index (χ0v) is 11.1. The molecule has 18 heavy (non-hydrogen) atoms. The molecule has 100 valence electrons. The SMILES string of the molecule is COc1cc(C)nc(NCCNC(=O)N(C)C)n1. The van der Waals surface area contributed by atoms with Gasteiger partial charge in [0.25, 0.3) is 0 Å². The zero-order valence-electron chi connectivity index (χ0n) is 11.1. The fraction of sp³-hybridized carbons (Fsp3) is 0.545. The van der Waals surface area contributed by atoms with Crippen LogP contribution in [0.3, 0.4) is 0 Å². The van der Waals surface area contributed by atoms with Gasteiger partial charge in [-0.2, -0.15) is 4.98 Å². The molecule has 1 aromatic heterocycles. The Kier molecular flexibility index (Phi) is 5.16. The van der Waals surface area contributed by atoms with Crippen molar-refractivity contribution in [1.82, 2.24) is 20.2 Å². The first-order valence-electron chi connectivity index (χ1n) is 5.61. The van der Waals surface area contributed by atoms with Crippen LogP contribution < -0.4 is 15.4 Å². The number of methoxy groups -OCH3 is 1. The second-order valence-electron chi connectivity index (χ2n) is 3.93. The molecule has 0 radical (unpaired) electrons. The van der Waals surface area contributed by atoms with Crippen LogP contribution in [0.5, 0.6) is 5.88 Å². The molecule has 2 amide bonds. The van der Waals surface area contributed by atoms with Crippen molar-refractivity contribution < 1.29 is 9.53 Å². The Morgan fingerprint density at radius 3 is 2.72 bits per heavy atom. The number of rotatable bonds is 5. The number of nitrogens with zero attached hydrogens (tertiary/aromatic N) is 3. The van der Waals surface area contributed by atoms with E-state index < -0.39 is 0 Å². The Labute approximate surface area is 107 Å². The lowest BCUT2D eigenvalue weighted by molar-refractivity contribution is 0.218. The highest BCUT2D eigenvalue weighted by molar-refractivity contribution is 5.73. The summed E-state index contributed by atoms with van der Waals surface area (Å²) in [7, 11) is 4.94. The molecule has 0 atom stereocenters. The molecule has 2 N–H and O–H groups in total. The van der Waals surface area contributed by atoms with Crippen molar-refractivity contribution in [3.63, 3.8) is 0 Å². The summed E-state index contributed by atoms with van der Waals surface area (Å²) in [5, 5.41) is 5.75. The molecule has 0 saturated carbocycles. The van der Waals surface area contributed by atoms with Crippen LogP contribution in [0, 0.1) is 6.92 Å². The molecule has 0 saturated heterocycles. The summed E-state index contributed by atoms with van der Waals surface area (Å²) in [6, 6.07) is 1.62. The van der Waals surface area contributed by atoms with E-state index in [1.807, 2.05) is 6.92 Å². The minimum atomic E-state index is -0.125. The Bertz CT molecular complexity index is 408.